The quantitative estimate of drug-likeness (QED) is 0.790. The van der Waals surface area contributed by atoms with Crippen LogP contribution in [0.5, 0.6) is 5.75 Å². The van der Waals surface area contributed by atoms with Crippen LogP contribution in [0.15, 0.2) is 35.6 Å². The maximum atomic E-state index is 13.0. The second kappa shape index (κ2) is 8.13. The summed E-state index contributed by atoms with van der Waals surface area (Å²) in [6.07, 6.45) is 0.0272. The molecular formula is C21H29NO5. The first-order valence-corrected chi connectivity index (χ1v) is 9.12. The molecule has 1 amide bonds. The van der Waals surface area contributed by atoms with E-state index in [1.807, 2.05) is 26.0 Å². The van der Waals surface area contributed by atoms with Crippen molar-refractivity contribution in [3.8, 4) is 5.75 Å². The Morgan fingerprint density at radius 1 is 1.22 bits per heavy atom. The van der Waals surface area contributed by atoms with Gasteiger partial charge in [0.05, 0.1) is 31.4 Å². The SMILES string of the molecule is COc1ccc(C2C(C(=O)C(C)(C)C)=C(O)C(=O)N2CCOC(C)C)cc1. The van der Waals surface area contributed by atoms with E-state index >= 15 is 0 Å². The number of methoxy groups -OCH3 is 1. The summed E-state index contributed by atoms with van der Waals surface area (Å²) < 4.78 is 10.8. The summed E-state index contributed by atoms with van der Waals surface area (Å²) in [6, 6.07) is 6.52. The summed E-state index contributed by atoms with van der Waals surface area (Å²) in [5.41, 5.74) is 0.159. The molecule has 0 saturated heterocycles. The van der Waals surface area contributed by atoms with E-state index in [-0.39, 0.29) is 24.0 Å². The van der Waals surface area contributed by atoms with Gasteiger partial charge in [0.25, 0.3) is 5.91 Å². The van der Waals surface area contributed by atoms with E-state index in [0.29, 0.717) is 12.4 Å². The summed E-state index contributed by atoms with van der Waals surface area (Å²) in [5, 5.41) is 10.5. The summed E-state index contributed by atoms with van der Waals surface area (Å²) in [4.78, 5) is 27.2. The Labute approximate surface area is 160 Å². The minimum Gasteiger partial charge on any atom is -0.503 e. The largest absolute Gasteiger partial charge is 0.503 e. The third-order valence-corrected chi connectivity index (χ3v) is 4.44. The molecule has 1 N–H and O–H groups in total. The molecule has 1 aliphatic heterocycles. The number of ether oxygens (including phenoxy) is 2. The molecule has 0 aliphatic carbocycles. The lowest BCUT2D eigenvalue weighted by atomic mass is 9.82. The van der Waals surface area contributed by atoms with Gasteiger partial charge in [0.15, 0.2) is 11.5 Å². The molecule has 6 nitrogen and oxygen atoms in total. The van der Waals surface area contributed by atoms with E-state index in [9.17, 15) is 14.7 Å². The smallest absolute Gasteiger partial charge is 0.290 e. The molecule has 6 heteroatoms. The highest BCUT2D eigenvalue weighted by Gasteiger charge is 2.45. The van der Waals surface area contributed by atoms with Gasteiger partial charge < -0.3 is 19.5 Å². The second-order valence-corrected chi connectivity index (χ2v) is 7.94. The molecule has 1 heterocycles. The molecule has 148 valence electrons. The van der Waals surface area contributed by atoms with Crippen LogP contribution in [0.1, 0.15) is 46.2 Å². The normalized spacial score (nSPS) is 17.8. The first kappa shape index (κ1) is 21.0. The van der Waals surface area contributed by atoms with Crippen molar-refractivity contribution in [3.05, 3.63) is 41.2 Å². The molecular weight excluding hydrogens is 346 g/mol. The predicted molar refractivity (Wildman–Crippen MR) is 103 cm³/mol. The number of hydrogen-bond donors (Lipinski definition) is 1. The van der Waals surface area contributed by atoms with Gasteiger partial charge in [-0.25, -0.2) is 0 Å². The molecule has 1 aromatic carbocycles. The molecule has 0 aromatic heterocycles. The van der Waals surface area contributed by atoms with Crippen LogP contribution in [0.4, 0.5) is 0 Å². The minimum absolute atomic E-state index is 0.0272. The van der Waals surface area contributed by atoms with Gasteiger partial charge in [-0.3, -0.25) is 9.59 Å². The number of rotatable bonds is 7. The molecule has 2 rings (SSSR count). The molecule has 0 spiro atoms. The van der Waals surface area contributed by atoms with Crippen LogP contribution >= 0.6 is 0 Å². The highest BCUT2D eigenvalue weighted by molar-refractivity contribution is 6.10. The Kier molecular flexibility index (Phi) is 6.31. The number of nitrogens with zero attached hydrogens (tertiary/aromatic N) is 1. The number of carbonyl (C=O) groups excluding carboxylic acids is 2. The van der Waals surface area contributed by atoms with Gasteiger partial charge in [-0.15, -0.1) is 0 Å². The third kappa shape index (κ3) is 4.50. The number of benzene rings is 1. The summed E-state index contributed by atoms with van der Waals surface area (Å²) in [5.74, 6) is -0.591. The van der Waals surface area contributed by atoms with Crippen LogP contribution in [0.25, 0.3) is 0 Å². The number of hydrogen-bond acceptors (Lipinski definition) is 5. The zero-order valence-corrected chi connectivity index (χ0v) is 16.9. The number of ketones is 1. The Morgan fingerprint density at radius 2 is 1.81 bits per heavy atom. The monoisotopic (exact) mass is 375 g/mol. The molecule has 0 saturated carbocycles. The van der Waals surface area contributed by atoms with Crippen LogP contribution in [0, 0.1) is 5.41 Å². The van der Waals surface area contributed by atoms with E-state index in [1.165, 1.54) is 4.90 Å². The van der Waals surface area contributed by atoms with Gasteiger partial charge >= 0.3 is 0 Å². The Balaban J connectivity index is 2.45. The van der Waals surface area contributed by atoms with Crippen LogP contribution < -0.4 is 4.74 Å². The zero-order valence-electron chi connectivity index (χ0n) is 16.9. The Morgan fingerprint density at radius 3 is 2.30 bits per heavy atom. The van der Waals surface area contributed by atoms with E-state index in [0.717, 1.165) is 5.56 Å². The molecule has 1 atom stereocenters. The van der Waals surface area contributed by atoms with Crippen LogP contribution in [0.3, 0.4) is 0 Å². The van der Waals surface area contributed by atoms with Crippen molar-refractivity contribution in [2.24, 2.45) is 5.41 Å². The Bertz CT molecular complexity index is 728. The molecule has 1 aromatic rings. The first-order chi connectivity index (χ1) is 12.6. The summed E-state index contributed by atoms with van der Waals surface area (Å²) >= 11 is 0. The summed E-state index contributed by atoms with van der Waals surface area (Å²) in [7, 11) is 1.57. The lowest BCUT2D eigenvalue weighted by molar-refractivity contribution is -0.130. The van der Waals surface area contributed by atoms with Crippen molar-refractivity contribution in [2.75, 3.05) is 20.3 Å². The van der Waals surface area contributed by atoms with Gasteiger partial charge in [-0.1, -0.05) is 32.9 Å². The Hall–Kier alpha value is -2.34. The molecule has 1 unspecified atom stereocenters. The standard InChI is InChI=1S/C21H29NO5/c1-13(2)27-12-11-22-17(14-7-9-15(26-6)10-8-14)16(18(23)20(22)25)19(24)21(3,4)5/h7-10,13,17,23H,11-12H2,1-6H3. The lowest BCUT2D eigenvalue weighted by Crippen LogP contribution is -2.35. The topological polar surface area (TPSA) is 76.1 Å². The fourth-order valence-corrected chi connectivity index (χ4v) is 3.04. The third-order valence-electron chi connectivity index (χ3n) is 4.44. The molecule has 1 aliphatic rings. The molecule has 27 heavy (non-hydrogen) atoms. The molecule has 0 bridgehead atoms. The van der Waals surface area contributed by atoms with Crippen molar-refractivity contribution in [3.63, 3.8) is 0 Å². The van der Waals surface area contributed by atoms with Crippen molar-refractivity contribution in [1.29, 1.82) is 0 Å². The van der Waals surface area contributed by atoms with Crippen molar-refractivity contribution in [1.82, 2.24) is 4.90 Å². The fourth-order valence-electron chi connectivity index (χ4n) is 3.04. The number of Topliss-reactive ketones (excluding diaryl/α,β-unsaturated/α-hetero) is 1. The van der Waals surface area contributed by atoms with E-state index < -0.39 is 23.1 Å². The van der Waals surface area contributed by atoms with Crippen LogP contribution in [-0.4, -0.2) is 48.1 Å². The van der Waals surface area contributed by atoms with Gasteiger partial charge in [0.1, 0.15) is 5.75 Å². The van der Waals surface area contributed by atoms with Crippen LogP contribution in [-0.2, 0) is 14.3 Å². The van der Waals surface area contributed by atoms with Crippen molar-refractivity contribution in [2.45, 2.75) is 46.8 Å². The number of aliphatic hydroxyl groups is 1. The van der Waals surface area contributed by atoms with E-state index in [2.05, 4.69) is 0 Å². The minimum atomic E-state index is -0.723. The van der Waals surface area contributed by atoms with Gasteiger partial charge in [0, 0.05) is 12.0 Å². The maximum Gasteiger partial charge on any atom is 0.290 e. The second-order valence-electron chi connectivity index (χ2n) is 7.94. The number of carbonyl (C=O) groups is 2. The predicted octanol–water partition coefficient (Wildman–Crippen LogP) is 3.43. The summed E-state index contributed by atoms with van der Waals surface area (Å²) in [6.45, 7) is 9.74. The average Bonchev–Trinajstić information content (AvgIpc) is 2.85. The van der Waals surface area contributed by atoms with Gasteiger partial charge in [-0.2, -0.15) is 0 Å². The molecule has 0 radical (unpaired) electrons. The van der Waals surface area contributed by atoms with E-state index in [4.69, 9.17) is 9.47 Å². The van der Waals surface area contributed by atoms with Crippen LogP contribution in [0.2, 0.25) is 0 Å². The van der Waals surface area contributed by atoms with Gasteiger partial charge in [0.2, 0.25) is 0 Å². The fraction of sp³-hybridized carbons (Fsp3) is 0.524. The van der Waals surface area contributed by atoms with Gasteiger partial charge in [-0.05, 0) is 31.5 Å². The zero-order chi connectivity index (χ0) is 20.4. The highest BCUT2D eigenvalue weighted by atomic mass is 16.5. The molecule has 0 fully saturated rings. The lowest BCUT2D eigenvalue weighted by Gasteiger charge is -2.29. The van der Waals surface area contributed by atoms with Crippen molar-refractivity contribution >= 4 is 11.7 Å². The number of aliphatic hydroxyl groups excluding tert-OH is 1. The van der Waals surface area contributed by atoms with E-state index in [1.54, 1.807) is 40.0 Å². The highest BCUT2D eigenvalue weighted by Crippen LogP contribution is 2.41. The van der Waals surface area contributed by atoms with Crippen molar-refractivity contribution < 1.29 is 24.2 Å². The average molecular weight is 375 g/mol. The first-order valence-electron chi connectivity index (χ1n) is 9.12. The maximum absolute atomic E-state index is 13.0. The number of amides is 1.